The maximum Gasteiger partial charge on any atom is 0.163 e. The summed E-state index contributed by atoms with van der Waals surface area (Å²) >= 11 is 0. The van der Waals surface area contributed by atoms with Crippen LogP contribution in [0.5, 0.6) is 0 Å². The summed E-state index contributed by atoms with van der Waals surface area (Å²) in [5.74, 6) is 0. The van der Waals surface area contributed by atoms with Crippen LogP contribution < -0.4 is 0 Å². The summed E-state index contributed by atoms with van der Waals surface area (Å²) in [6, 6.07) is 0. The molecule has 6 heteroatoms. The number of aromatic nitrogens is 4. The molecule has 0 saturated heterocycles. The molecule has 14 heavy (non-hydrogen) atoms. The lowest BCUT2D eigenvalue weighted by atomic mass is 10.4. The molecule has 2 N–H and O–H groups in total. The first-order valence-corrected chi connectivity index (χ1v) is 4.24. The van der Waals surface area contributed by atoms with Crippen LogP contribution >= 0.6 is 0 Å². The fraction of sp³-hybridized carbons (Fsp3) is 0.375. The Balaban J connectivity index is 2.25. The second kappa shape index (κ2) is 3.69. The molecule has 6 nitrogen and oxygen atoms in total. The quantitative estimate of drug-likeness (QED) is 0.645. The first-order valence-electron chi connectivity index (χ1n) is 4.24. The summed E-state index contributed by atoms with van der Waals surface area (Å²) in [5, 5.41) is 17.4. The van der Waals surface area contributed by atoms with Crippen LogP contribution in [0.25, 0.3) is 11.2 Å². The van der Waals surface area contributed by atoms with Gasteiger partial charge in [-0.1, -0.05) is 0 Å². The standard InChI is InChI=1S/C8H10N4O2/c13-7(14)1-2-12-5-11-6-3-9-4-10-8(6)12/h3-5,7,13-14H,1-2H2. The van der Waals surface area contributed by atoms with Gasteiger partial charge in [0.15, 0.2) is 11.9 Å². The number of hydrogen-bond donors (Lipinski definition) is 2. The van der Waals surface area contributed by atoms with Gasteiger partial charge in [-0.25, -0.2) is 15.0 Å². The van der Waals surface area contributed by atoms with Crippen molar-refractivity contribution in [2.24, 2.45) is 0 Å². The molecular formula is C8H10N4O2. The minimum atomic E-state index is -1.30. The Morgan fingerprint density at radius 2 is 2.21 bits per heavy atom. The third kappa shape index (κ3) is 1.70. The fourth-order valence-corrected chi connectivity index (χ4v) is 1.23. The maximum absolute atomic E-state index is 8.71. The number of aliphatic hydroxyl groups is 2. The van der Waals surface area contributed by atoms with Crippen molar-refractivity contribution >= 4 is 11.2 Å². The van der Waals surface area contributed by atoms with Crippen molar-refractivity contribution in [1.29, 1.82) is 0 Å². The molecule has 0 atom stereocenters. The number of aryl methyl sites for hydroxylation is 1. The summed E-state index contributed by atoms with van der Waals surface area (Å²) in [6.07, 6.45) is 3.63. The highest BCUT2D eigenvalue weighted by Crippen LogP contribution is 2.07. The zero-order chi connectivity index (χ0) is 9.97. The molecular weight excluding hydrogens is 184 g/mol. The van der Waals surface area contributed by atoms with Gasteiger partial charge in [-0.3, -0.25) is 0 Å². The normalized spacial score (nSPS) is 11.4. The van der Waals surface area contributed by atoms with Gasteiger partial charge >= 0.3 is 0 Å². The molecule has 0 amide bonds. The van der Waals surface area contributed by atoms with Gasteiger partial charge in [0.25, 0.3) is 0 Å². The third-order valence-electron chi connectivity index (χ3n) is 1.91. The lowest BCUT2D eigenvalue weighted by molar-refractivity contribution is -0.0475. The molecule has 0 spiro atoms. The monoisotopic (exact) mass is 194 g/mol. The summed E-state index contributed by atoms with van der Waals surface area (Å²) < 4.78 is 1.76. The maximum atomic E-state index is 8.71. The van der Waals surface area contributed by atoms with Crippen LogP contribution in [0.15, 0.2) is 18.9 Å². The van der Waals surface area contributed by atoms with E-state index in [-0.39, 0.29) is 6.42 Å². The minimum Gasteiger partial charge on any atom is -0.368 e. The predicted molar refractivity (Wildman–Crippen MR) is 48.2 cm³/mol. The molecule has 0 aliphatic carbocycles. The van der Waals surface area contributed by atoms with Gasteiger partial charge < -0.3 is 14.8 Å². The van der Waals surface area contributed by atoms with Crippen molar-refractivity contribution in [2.45, 2.75) is 19.3 Å². The predicted octanol–water partition coefficient (Wildman–Crippen LogP) is -0.473. The van der Waals surface area contributed by atoms with Crippen LogP contribution in [-0.4, -0.2) is 36.0 Å². The molecule has 2 heterocycles. The molecule has 0 saturated carbocycles. The first kappa shape index (κ1) is 9.04. The fourth-order valence-electron chi connectivity index (χ4n) is 1.23. The van der Waals surface area contributed by atoms with Crippen molar-refractivity contribution in [2.75, 3.05) is 0 Å². The largest absolute Gasteiger partial charge is 0.368 e. The van der Waals surface area contributed by atoms with Crippen LogP contribution in [0.1, 0.15) is 6.42 Å². The number of imidazole rings is 1. The van der Waals surface area contributed by atoms with Gasteiger partial charge in [-0.05, 0) is 0 Å². The smallest absolute Gasteiger partial charge is 0.163 e. The van der Waals surface area contributed by atoms with Crippen molar-refractivity contribution in [3.8, 4) is 0 Å². The second-order valence-electron chi connectivity index (χ2n) is 2.94. The van der Waals surface area contributed by atoms with Crippen molar-refractivity contribution in [1.82, 2.24) is 19.5 Å². The zero-order valence-electron chi connectivity index (χ0n) is 7.41. The Labute approximate surface area is 79.9 Å². The Morgan fingerprint density at radius 3 is 3.00 bits per heavy atom. The van der Waals surface area contributed by atoms with E-state index in [9.17, 15) is 0 Å². The van der Waals surface area contributed by atoms with Gasteiger partial charge in [0.1, 0.15) is 11.8 Å². The average Bonchev–Trinajstić information content (AvgIpc) is 2.58. The molecule has 2 rings (SSSR count). The summed E-state index contributed by atoms with van der Waals surface area (Å²) in [6.45, 7) is 0.477. The van der Waals surface area contributed by atoms with E-state index in [2.05, 4.69) is 15.0 Å². The van der Waals surface area contributed by atoms with E-state index in [0.717, 1.165) is 0 Å². The van der Waals surface area contributed by atoms with Crippen molar-refractivity contribution < 1.29 is 10.2 Å². The number of nitrogens with zero attached hydrogens (tertiary/aromatic N) is 4. The van der Waals surface area contributed by atoms with Gasteiger partial charge in [-0.15, -0.1) is 0 Å². The topological polar surface area (TPSA) is 84.1 Å². The number of fused-ring (bicyclic) bond motifs is 1. The Bertz CT molecular complexity index is 426. The van der Waals surface area contributed by atoms with Gasteiger partial charge in [0.2, 0.25) is 0 Å². The van der Waals surface area contributed by atoms with E-state index < -0.39 is 6.29 Å². The van der Waals surface area contributed by atoms with Crippen molar-refractivity contribution in [3.05, 3.63) is 18.9 Å². The average molecular weight is 194 g/mol. The lowest BCUT2D eigenvalue weighted by Gasteiger charge is -2.04. The zero-order valence-corrected chi connectivity index (χ0v) is 7.41. The SMILES string of the molecule is OC(O)CCn1cnc2cncnc21. The summed E-state index contributed by atoms with van der Waals surface area (Å²) in [4.78, 5) is 12.0. The molecule has 0 aliphatic rings. The van der Waals surface area contributed by atoms with Gasteiger partial charge in [0.05, 0.1) is 12.5 Å². The molecule has 0 unspecified atom stereocenters. The highest BCUT2D eigenvalue weighted by Gasteiger charge is 2.04. The van der Waals surface area contributed by atoms with Crippen molar-refractivity contribution in [3.63, 3.8) is 0 Å². The van der Waals surface area contributed by atoms with Gasteiger partial charge in [-0.2, -0.15) is 0 Å². The Morgan fingerprint density at radius 1 is 1.36 bits per heavy atom. The van der Waals surface area contributed by atoms with E-state index >= 15 is 0 Å². The molecule has 0 aliphatic heterocycles. The summed E-state index contributed by atoms with van der Waals surface area (Å²) in [5.41, 5.74) is 1.42. The molecule has 2 aromatic heterocycles. The van der Waals surface area contributed by atoms with E-state index in [4.69, 9.17) is 10.2 Å². The molecule has 0 bridgehead atoms. The van der Waals surface area contributed by atoms with Crippen LogP contribution in [0.3, 0.4) is 0 Å². The van der Waals surface area contributed by atoms with Crippen LogP contribution in [-0.2, 0) is 6.54 Å². The van der Waals surface area contributed by atoms with Crippen LogP contribution in [0.2, 0.25) is 0 Å². The van der Waals surface area contributed by atoms with E-state index in [1.54, 1.807) is 17.1 Å². The molecule has 0 fully saturated rings. The minimum absolute atomic E-state index is 0.259. The molecule has 2 aromatic rings. The number of aliphatic hydroxyl groups excluding tert-OH is 1. The third-order valence-corrected chi connectivity index (χ3v) is 1.91. The highest BCUT2D eigenvalue weighted by atomic mass is 16.5. The second-order valence-corrected chi connectivity index (χ2v) is 2.94. The van der Waals surface area contributed by atoms with Crippen LogP contribution in [0, 0.1) is 0 Å². The van der Waals surface area contributed by atoms with Gasteiger partial charge in [0, 0.05) is 13.0 Å². The molecule has 0 radical (unpaired) electrons. The van der Waals surface area contributed by atoms with E-state index in [1.807, 2.05) is 0 Å². The molecule has 0 aromatic carbocycles. The Hall–Kier alpha value is -1.53. The van der Waals surface area contributed by atoms with Crippen LogP contribution in [0.4, 0.5) is 0 Å². The lowest BCUT2D eigenvalue weighted by Crippen LogP contribution is -2.09. The first-order chi connectivity index (χ1) is 6.77. The van der Waals surface area contributed by atoms with E-state index in [0.29, 0.717) is 17.7 Å². The van der Waals surface area contributed by atoms with E-state index in [1.165, 1.54) is 6.33 Å². The number of hydrogen-bond acceptors (Lipinski definition) is 5. The number of rotatable bonds is 3. The molecule has 74 valence electrons. The summed E-state index contributed by atoms with van der Waals surface area (Å²) in [7, 11) is 0. The highest BCUT2D eigenvalue weighted by molar-refractivity contribution is 5.68. The Kier molecular flexibility index (Phi) is 2.38.